The van der Waals surface area contributed by atoms with Crippen molar-refractivity contribution in [3.05, 3.63) is 48.5 Å². The van der Waals surface area contributed by atoms with Crippen LogP contribution in [0.2, 0.25) is 0 Å². The molecule has 1 aromatic heterocycles. The Kier molecular flexibility index (Phi) is 5.48. The minimum Gasteiger partial charge on any atom is -0.494 e. The number of benzene rings is 1. The van der Waals surface area contributed by atoms with Crippen LogP contribution in [0.15, 0.2) is 42.9 Å². The number of imidazole rings is 1. The Bertz CT molecular complexity index is 527. The zero-order chi connectivity index (χ0) is 15.0. The van der Waals surface area contributed by atoms with Crippen LogP contribution in [-0.4, -0.2) is 41.1 Å². The van der Waals surface area contributed by atoms with E-state index in [-0.39, 0.29) is 0 Å². The standard InChI is InChI=1S/C18H25N3O/c1-2-5-18(6-3-1)22-12-4-10-21-11-9-16(14-21)7-8-17-13-19-15-20-17/h1-3,5-6,13,15-16H,4,7-12,14H2,(H,19,20). The summed E-state index contributed by atoms with van der Waals surface area (Å²) in [6.07, 6.45) is 8.52. The third-order valence-electron chi connectivity index (χ3n) is 4.38. The predicted octanol–water partition coefficient (Wildman–Crippen LogP) is 3.13. The molecule has 1 aliphatic heterocycles. The van der Waals surface area contributed by atoms with Gasteiger partial charge in [0.15, 0.2) is 0 Å². The zero-order valence-corrected chi connectivity index (χ0v) is 13.1. The second-order valence-electron chi connectivity index (χ2n) is 6.09. The molecular formula is C18H25N3O. The first-order valence-electron chi connectivity index (χ1n) is 8.27. The predicted molar refractivity (Wildman–Crippen MR) is 88.0 cm³/mol. The normalized spacial score (nSPS) is 18.6. The number of ether oxygens (including phenoxy) is 1. The Morgan fingerprint density at radius 3 is 3.00 bits per heavy atom. The van der Waals surface area contributed by atoms with Gasteiger partial charge in [-0.3, -0.25) is 0 Å². The Hall–Kier alpha value is -1.81. The second-order valence-corrected chi connectivity index (χ2v) is 6.09. The Morgan fingerprint density at radius 2 is 2.18 bits per heavy atom. The van der Waals surface area contributed by atoms with E-state index in [1.54, 1.807) is 6.33 Å². The van der Waals surface area contributed by atoms with Crippen LogP contribution in [0.5, 0.6) is 5.75 Å². The first kappa shape index (κ1) is 15.1. The van der Waals surface area contributed by atoms with Crippen LogP contribution in [-0.2, 0) is 6.42 Å². The molecule has 0 bridgehead atoms. The summed E-state index contributed by atoms with van der Waals surface area (Å²) in [5.74, 6) is 1.81. The Labute approximate surface area is 132 Å². The number of hydrogen-bond donors (Lipinski definition) is 1. The molecular weight excluding hydrogens is 274 g/mol. The highest BCUT2D eigenvalue weighted by Crippen LogP contribution is 2.21. The summed E-state index contributed by atoms with van der Waals surface area (Å²) in [6.45, 7) is 4.42. The molecule has 1 aliphatic rings. The fourth-order valence-corrected chi connectivity index (χ4v) is 3.13. The van der Waals surface area contributed by atoms with Crippen molar-refractivity contribution in [3.8, 4) is 5.75 Å². The third-order valence-corrected chi connectivity index (χ3v) is 4.38. The highest BCUT2D eigenvalue weighted by atomic mass is 16.5. The van der Waals surface area contributed by atoms with E-state index in [9.17, 15) is 0 Å². The molecule has 4 nitrogen and oxygen atoms in total. The molecule has 0 radical (unpaired) electrons. The molecule has 0 amide bonds. The van der Waals surface area contributed by atoms with Crippen molar-refractivity contribution in [2.24, 2.45) is 5.92 Å². The first-order chi connectivity index (χ1) is 10.9. The first-order valence-corrected chi connectivity index (χ1v) is 8.27. The van der Waals surface area contributed by atoms with E-state index < -0.39 is 0 Å². The maximum Gasteiger partial charge on any atom is 0.119 e. The van der Waals surface area contributed by atoms with Gasteiger partial charge >= 0.3 is 0 Å². The summed E-state index contributed by atoms with van der Waals surface area (Å²) in [4.78, 5) is 9.84. The van der Waals surface area contributed by atoms with E-state index in [0.29, 0.717) is 0 Å². The van der Waals surface area contributed by atoms with Crippen molar-refractivity contribution < 1.29 is 4.74 Å². The van der Waals surface area contributed by atoms with Crippen molar-refractivity contribution in [2.75, 3.05) is 26.2 Å². The zero-order valence-electron chi connectivity index (χ0n) is 13.1. The topological polar surface area (TPSA) is 41.1 Å². The van der Waals surface area contributed by atoms with Gasteiger partial charge < -0.3 is 14.6 Å². The van der Waals surface area contributed by atoms with Crippen molar-refractivity contribution in [3.63, 3.8) is 0 Å². The number of likely N-dealkylation sites (tertiary alicyclic amines) is 1. The van der Waals surface area contributed by atoms with Gasteiger partial charge in [-0.1, -0.05) is 18.2 Å². The highest BCUT2D eigenvalue weighted by molar-refractivity contribution is 5.20. The molecule has 22 heavy (non-hydrogen) atoms. The molecule has 118 valence electrons. The van der Waals surface area contributed by atoms with Gasteiger partial charge in [0.05, 0.1) is 12.9 Å². The van der Waals surface area contributed by atoms with Gasteiger partial charge in [-0.2, -0.15) is 0 Å². The monoisotopic (exact) mass is 299 g/mol. The largest absolute Gasteiger partial charge is 0.494 e. The lowest BCUT2D eigenvalue weighted by Crippen LogP contribution is -2.23. The van der Waals surface area contributed by atoms with Gasteiger partial charge in [0.25, 0.3) is 0 Å². The fourth-order valence-electron chi connectivity index (χ4n) is 3.13. The van der Waals surface area contributed by atoms with Gasteiger partial charge in [0.1, 0.15) is 5.75 Å². The van der Waals surface area contributed by atoms with Gasteiger partial charge in [-0.25, -0.2) is 4.98 Å². The minimum atomic E-state index is 0.805. The summed E-state index contributed by atoms with van der Waals surface area (Å²) in [7, 11) is 0. The SMILES string of the molecule is c1ccc(OCCCN2CCC(CCc3cnc[nH]3)C2)cc1. The van der Waals surface area contributed by atoms with Crippen LogP contribution >= 0.6 is 0 Å². The number of nitrogens with one attached hydrogen (secondary N) is 1. The number of para-hydroxylation sites is 1. The average molecular weight is 299 g/mol. The lowest BCUT2D eigenvalue weighted by molar-refractivity contribution is 0.257. The van der Waals surface area contributed by atoms with Crippen LogP contribution in [0, 0.1) is 5.92 Å². The van der Waals surface area contributed by atoms with Crippen LogP contribution in [0.1, 0.15) is 25.0 Å². The average Bonchev–Trinajstić information content (AvgIpc) is 3.22. The second kappa shape index (κ2) is 7.99. The van der Waals surface area contributed by atoms with Crippen LogP contribution in [0.25, 0.3) is 0 Å². The van der Waals surface area contributed by atoms with E-state index in [2.05, 4.69) is 14.9 Å². The number of aromatic nitrogens is 2. The number of aromatic amines is 1. The van der Waals surface area contributed by atoms with E-state index in [0.717, 1.165) is 37.7 Å². The maximum absolute atomic E-state index is 5.75. The number of H-pyrrole nitrogens is 1. The molecule has 1 unspecified atom stereocenters. The van der Waals surface area contributed by atoms with Gasteiger partial charge in [-0.05, 0) is 50.3 Å². The third kappa shape index (κ3) is 4.60. The fraction of sp³-hybridized carbons (Fsp3) is 0.500. The minimum absolute atomic E-state index is 0.805. The van der Waals surface area contributed by atoms with E-state index in [1.807, 2.05) is 36.5 Å². The molecule has 1 aromatic carbocycles. The molecule has 1 saturated heterocycles. The number of rotatable bonds is 8. The molecule has 1 fully saturated rings. The van der Waals surface area contributed by atoms with Crippen LogP contribution in [0.4, 0.5) is 0 Å². The summed E-state index contributed by atoms with van der Waals surface area (Å²) in [5, 5.41) is 0. The summed E-state index contributed by atoms with van der Waals surface area (Å²) in [5.41, 5.74) is 1.26. The molecule has 4 heteroatoms. The molecule has 2 aromatic rings. The van der Waals surface area contributed by atoms with E-state index in [1.165, 1.54) is 31.6 Å². The smallest absolute Gasteiger partial charge is 0.119 e. The summed E-state index contributed by atoms with van der Waals surface area (Å²) >= 11 is 0. The van der Waals surface area contributed by atoms with Crippen molar-refractivity contribution >= 4 is 0 Å². The molecule has 0 spiro atoms. The quantitative estimate of drug-likeness (QED) is 0.761. The molecule has 1 N–H and O–H groups in total. The van der Waals surface area contributed by atoms with Crippen molar-refractivity contribution in [1.82, 2.24) is 14.9 Å². The van der Waals surface area contributed by atoms with E-state index >= 15 is 0 Å². The number of hydrogen-bond acceptors (Lipinski definition) is 3. The Balaban J connectivity index is 1.28. The Morgan fingerprint density at radius 1 is 1.27 bits per heavy atom. The maximum atomic E-state index is 5.75. The summed E-state index contributed by atoms with van der Waals surface area (Å²) in [6, 6.07) is 10.1. The molecule has 0 saturated carbocycles. The highest BCUT2D eigenvalue weighted by Gasteiger charge is 2.21. The summed E-state index contributed by atoms with van der Waals surface area (Å²) < 4.78 is 5.75. The molecule has 3 rings (SSSR count). The number of nitrogens with zero attached hydrogens (tertiary/aromatic N) is 2. The lowest BCUT2D eigenvalue weighted by Gasteiger charge is -2.16. The van der Waals surface area contributed by atoms with Crippen molar-refractivity contribution in [2.45, 2.75) is 25.7 Å². The van der Waals surface area contributed by atoms with Gasteiger partial charge in [-0.15, -0.1) is 0 Å². The van der Waals surface area contributed by atoms with Gasteiger partial charge in [0, 0.05) is 25.0 Å². The molecule has 0 aliphatic carbocycles. The molecule has 2 heterocycles. The van der Waals surface area contributed by atoms with E-state index in [4.69, 9.17) is 4.74 Å². The van der Waals surface area contributed by atoms with Crippen LogP contribution < -0.4 is 4.74 Å². The lowest BCUT2D eigenvalue weighted by atomic mass is 10.0. The van der Waals surface area contributed by atoms with Gasteiger partial charge in [0.2, 0.25) is 0 Å². The van der Waals surface area contributed by atoms with Crippen molar-refractivity contribution in [1.29, 1.82) is 0 Å². The number of aryl methyl sites for hydroxylation is 1. The molecule has 1 atom stereocenters. The van der Waals surface area contributed by atoms with Crippen LogP contribution in [0.3, 0.4) is 0 Å².